The van der Waals surface area contributed by atoms with Crippen LogP contribution in [-0.4, -0.2) is 45.3 Å². The Bertz CT molecular complexity index is 1840. The van der Waals surface area contributed by atoms with E-state index in [4.69, 9.17) is 16.8 Å². The maximum Gasteiger partial charge on any atom is 0.267 e. The van der Waals surface area contributed by atoms with Crippen LogP contribution in [0.3, 0.4) is 0 Å². The molecule has 12 heteroatoms. The van der Waals surface area contributed by atoms with Crippen molar-refractivity contribution in [2.45, 2.75) is 25.4 Å². The molecule has 0 bridgehead atoms. The number of hydrogen-bond acceptors (Lipinski definition) is 9. The molecule has 2 aromatic heterocycles. The molecule has 3 heterocycles. The number of phenolic OH excluding ortho intramolecular Hbond substituents is 1. The lowest BCUT2D eigenvalue weighted by atomic mass is 9.91. The molecule has 0 spiro atoms. The number of aromatic hydroxyl groups is 1. The molecule has 0 atom stereocenters. The molecule has 1 fully saturated rings. The Labute approximate surface area is 263 Å². The fourth-order valence-electron chi connectivity index (χ4n) is 5.20. The summed E-state index contributed by atoms with van der Waals surface area (Å²) in [5.41, 5.74) is 5.13. The summed E-state index contributed by atoms with van der Waals surface area (Å²) >= 11 is 6.03. The molecule has 0 radical (unpaired) electrons. The van der Waals surface area contributed by atoms with Gasteiger partial charge in [0.05, 0.1) is 16.3 Å². The first-order chi connectivity index (χ1) is 21.8. The number of piperidine rings is 1. The van der Waals surface area contributed by atoms with Crippen molar-refractivity contribution in [2.75, 3.05) is 18.0 Å². The summed E-state index contributed by atoms with van der Waals surface area (Å²) in [5.74, 6) is -0.999. The van der Waals surface area contributed by atoms with Crippen LogP contribution in [0.4, 0.5) is 10.2 Å². The Morgan fingerprint density at radius 1 is 1.07 bits per heavy atom. The van der Waals surface area contributed by atoms with E-state index in [0.29, 0.717) is 47.7 Å². The van der Waals surface area contributed by atoms with E-state index in [1.54, 1.807) is 30.6 Å². The highest BCUT2D eigenvalue weighted by Gasteiger charge is 2.26. The molecule has 1 aliphatic rings. The van der Waals surface area contributed by atoms with E-state index in [2.05, 4.69) is 21.4 Å². The predicted octanol–water partition coefficient (Wildman–Crippen LogP) is 5.33. The lowest BCUT2D eigenvalue weighted by Gasteiger charge is -2.34. The Kier molecular flexibility index (Phi) is 9.66. The molecule has 226 valence electrons. The number of rotatable bonds is 8. The normalized spacial score (nSPS) is 13.4. The van der Waals surface area contributed by atoms with E-state index in [1.165, 1.54) is 35.8 Å². The molecule has 4 N–H and O–H groups in total. The standard InChI is InChI=1S/C33H27ClFN7O3/c34-28-7-5-21(14-30(28)43)27-19-40-33(26(16-37)32(27)22-3-4-23(15-36)29(35)13-22)42-11-9-24(10-12-42)39-18-25-6-1-20(17-38-25)2-8-31(44)41-45/h1-8,13-14,17,19,24,39,43,45H,9-12,18H2,(H,41,44)/b8-2+. The van der Waals surface area contributed by atoms with Gasteiger partial charge in [-0.25, -0.2) is 14.9 Å². The van der Waals surface area contributed by atoms with E-state index >= 15 is 0 Å². The molecule has 1 amide bonds. The van der Waals surface area contributed by atoms with Crippen LogP contribution in [0.5, 0.6) is 5.75 Å². The summed E-state index contributed by atoms with van der Waals surface area (Å²) in [4.78, 5) is 22.3. The molecule has 5 rings (SSSR count). The van der Waals surface area contributed by atoms with Gasteiger partial charge in [-0.1, -0.05) is 29.8 Å². The number of halogens is 2. The zero-order valence-corrected chi connectivity index (χ0v) is 24.6. The van der Waals surface area contributed by atoms with Gasteiger partial charge in [0.1, 0.15) is 35.1 Å². The van der Waals surface area contributed by atoms with Gasteiger partial charge in [0, 0.05) is 55.3 Å². The van der Waals surface area contributed by atoms with Gasteiger partial charge >= 0.3 is 0 Å². The second-order valence-corrected chi connectivity index (χ2v) is 10.8. The average Bonchev–Trinajstić information content (AvgIpc) is 3.07. The molecular formula is C33H27ClFN7O3. The third-order valence-electron chi connectivity index (χ3n) is 7.56. The molecule has 0 unspecified atom stereocenters. The summed E-state index contributed by atoms with van der Waals surface area (Å²) < 4.78 is 14.8. The van der Waals surface area contributed by atoms with Crippen LogP contribution in [0, 0.1) is 28.5 Å². The van der Waals surface area contributed by atoms with Crippen LogP contribution in [0.2, 0.25) is 5.02 Å². The Morgan fingerprint density at radius 3 is 2.49 bits per heavy atom. The van der Waals surface area contributed by atoms with Crippen LogP contribution in [-0.2, 0) is 11.3 Å². The largest absolute Gasteiger partial charge is 0.506 e. The van der Waals surface area contributed by atoms with Crippen molar-refractivity contribution in [2.24, 2.45) is 0 Å². The maximum absolute atomic E-state index is 14.8. The van der Waals surface area contributed by atoms with E-state index < -0.39 is 11.7 Å². The van der Waals surface area contributed by atoms with Gasteiger partial charge in [-0.3, -0.25) is 15.0 Å². The number of carbonyl (C=O) groups is 1. The van der Waals surface area contributed by atoms with Crippen molar-refractivity contribution >= 4 is 29.4 Å². The number of aromatic nitrogens is 2. The zero-order chi connectivity index (χ0) is 31.9. The highest BCUT2D eigenvalue weighted by Crippen LogP contribution is 2.41. The highest BCUT2D eigenvalue weighted by molar-refractivity contribution is 6.32. The second-order valence-electron chi connectivity index (χ2n) is 10.4. The number of amides is 1. The molecule has 10 nitrogen and oxygen atoms in total. The van der Waals surface area contributed by atoms with Crippen molar-refractivity contribution in [3.05, 3.63) is 100 Å². The maximum atomic E-state index is 14.8. The van der Waals surface area contributed by atoms with Gasteiger partial charge < -0.3 is 15.3 Å². The molecule has 1 saturated heterocycles. The number of benzene rings is 2. The molecule has 0 aliphatic carbocycles. The van der Waals surface area contributed by atoms with Gasteiger partial charge in [0.25, 0.3) is 5.91 Å². The minimum atomic E-state index is -0.705. The second kappa shape index (κ2) is 14.0. The van der Waals surface area contributed by atoms with Crippen molar-refractivity contribution in [1.29, 1.82) is 10.5 Å². The number of nitrogens with zero attached hydrogens (tertiary/aromatic N) is 5. The minimum Gasteiger partial charge on any atom is -0.506 e. The lowest BCUT2D eigenvalue weighted by Crippen LogP contribution is -2.43. The van der Waals surface area contributed by atoms with E-state index in [-0.39, 0.29) is 27.9 Å². The van der Waals surface area contributed by atoms with Crippen molar-refractivity contribution in [3.8, 4) is 40.1 Å². The fraction of sp³-hybridized carbons (Fsp3) is 0.182. The first kappa shape index (κ1) is 31.1. The van der Waals surface area contributed by atoms with Crippen LogP contribution >= 0.6 is 11.6 Å². The Morgan fingerprint density at radius 2 is 1.84 bits per heavy atom. The van der Waals surface area contributed by atoms with Crippen LogP contribution in [0.15, 0.2) is 67.0 Å². The molecule has 45 heavy (non-hydrogen) atoms. The lowest BCUT2D eigenvalue weighted by molar-refractivity contribution is -0.124. The summed E-state index contributed by atoms with van der Waals surface area (Å²) in [6.07, 6.45) is 7.55. The van der Waals surface area contributed by atoms with Crippen molar-refractivity contribution in [1.82, 2.24) is 20.8 Å². The summed E-state index contributed by atoms with van der Waals surface area (Å²) in [5, 5.41) is 42.2. The third kappa shape index (κ3) is 7.08. The Balaban J connectivity index is 1.36. The highest BCUT2D eigenvalue weighted by atomic mass is 35.5. The van der Waals surface area contributed by atoms with Crippen molar-refractivity contribution in [3.63, 3.8) is 0 Å². The summed E-state index contributed by atoms with van der Waals surface area (Å²) in [6.45, 7) is 1.78. The van der Waals surface area contributed by atoms with Crippen LogP contribution < -0.4 is 15.7 Å². The van der Waals surface area contributed by atoms with Crippen LogP contribution in [0.1, 0.15) is 35.2 Å². The average molecular weight is 624 g/mol. The predicted molar refractivity (Wildman–Crippen MR) is 166 cm³/mol. The van der Waals surface area contributed by atoms with E-state index in [1.807, 2.05) is 23.1 Å². The topological polar surface area (TPSA) is 158 Å². The monoisotopic (exact) mass is 623 g/mol. The third-order valence-corrected chi connectivity index (χ3v) is 7.88. The number of nitrogens with one attached hydrogen (secondary N) is 2. The molecule has 2 aromatic carbocycles. The quantitative estimate of drug-likeness (QED) is 0.116. The molecule has 1 aliphatic heterocycles. The number of anilines is 1. The zero-order valence-electron chi connectivity index (χ0n) is 23.8. The smallest absolute Gasteiger partial charge is 0.267 e. The summed E-state index contributed by atoms with van der Waals surface area (Å²) in [7, 11) is 0. The molecule has 0 saturated carbocycles. The SMILES string of the molecule is N#Cc1ccc(-c2c(-c3ccc(Cl)c(O)c3)cnc(N3CCC(NCc4ccc(/C=C/C(=O)NO)cn4)CC3)c2C#N)cc1F. The number of hydrogen-bond donors (Lipinski definition) is 4. The van der Waals surface area contributed by atoms with E-state index in [0.717, 1.165) is 24.1 Å². The van der Waals surface area contributed by atoms with Gasteiger partial charge in [0.15, 0.2) is 0 Å². The van der Waals surface area contributed by atoms with Crippen LogP contribution in [0.25, 0.3) is 28.3 Å². The van der Waals surface area contributed by atoms with Gasteiger partial charge in [-0.2, -0.15) is 10.5 Å². The number of pyridine rings is 2. The first-order valence-corrected chi connectivity index (χ1v) is 14.4. The van der Waals surface area contributed by atoms with Gasteiger partial charge in [0.2, 0.25) is 0 Å². The minimum absolute atomic E-state index is 0.109. The Hall–Kier alpha value is -5.33. The summed E-state index contributed by atoms with van der Waals surface area (Å²) in [6, 6.07) is 16.9. The fourth-order valence-corrected chi connectivity index (χ4v) is 5.32. The number of nitriles is 2. The number of phenols is 1. The number of hydroxylamine groups is 1. The van der Waals surface area contributed by atoms with Gasteiger partial charge in [-0.05, 0) is 65.9 Å². The molecular weight excluding hydrogens is 597 g/mol. The van der Waals surface area contributed by atoms with E-state index in [9.17, 15) is 24.8 Å². The molecule has 4 aromatic rings. The van der Waals surface area contributed by atoms with Gasteiger partial charge in [-0.15, -0.1) is 0 Å². The van der Waals surface area contributed by atoms with Crippen molar-refractivity contribution < 1.29 is 19.5 Å². The number of carbonyl (C=O) groups excluding carboxylic acids is 1. The first-order valence-electron chi connectivity index (χ1n) is 14.0.